The molecule has 3 heteroatoms. The zero-order valence-electron chi connectivity index (χ0n) is 12.6. The Bertz CT molecular complexity index is 407. The van der Waals surface area contributed by atoms with Crippen LogP contribution < -0.4 is 5.73 Å². The maximum atomic E-state index is 6.10. The number of nitrogens with zero attached hydrogens (tertiary/aromatic N) is 1. The molecule has 0 aliphatic carbocycles. The summed E-state index contributed by atoms with van der Waals surface area (Å²) in [6.45, 7) is 11.7. The van der Waals surface area contributed by atoms with Gasteiger partial charge in [0.25, 0.3) is 0 Å². The molecule has 0 atom stereocenters. The van der Waals surface area contributed by atoms with E-state index in [4.69, 9.17) is 10.5 Å². The van der Waals surface area contributed by atoms with E-state index in [2.05, 4.69) is 44.7 Å². The summed E-state index contributed by atoms with van der Waals surface area (Å²) in [5.41, 5.74) is 7.75. The SMILES string of the molecule is CC1(C)CN(CCc2ccc(N)cc2)CC(C)(C)O1. The molecule has 1 saturated heterocycles. The molecule has 2 rings (SSSR count). The molecule has 3 nitrogen and oxygen atoms in total. The van der Waals surface area contributed by atoms with Gasteiger partial charge in [0.15, 0.2) is 0 Å². The molecular formula is C16H26N2O. The van der Waals surface area contributed by atoms with Crippen LogP contribution in [0.15, 0.2) is 24.3 Å². The van der Waals surface area contributed by atoms with Gasteiger partial charge in [0.2, 0.25) is 0 Å². The Morgan fingerprint density at radius 2 is 1.58 bits per heavy atom. The maximum Gasteiger partial charge on any atom is 0.0760 e. The zero-order chi connectivity index (χ0) is 14.1. The van der Waals surface area contributed by atoms with E-state index in [-0.39, 0.29) is 11.2 Å². The third kappa shape index (κ3) is 4.22. The van der Waals surface area contributed by atoms with E-state index in [0.717, 1.165) is 31.7 Å². The molecule has 2 N–H and O–H groups in total. The van der Waals surface area contributed by atoms with E-state index in [9.17, 15) is 0 Å². The Labute approximate surface area is 116 Å². The number of hydrogen-bond donors (Lipinski definition) is 1. The number of benzene rings is 1. The number of ether oxygens (including phenoxy) is 1. The van der Waals surface area contributed by atoms with Gasteiger partial charge in [-0.2, -0.15) is 0 Å². The van der Waals surface area contributed by atoms with Crippen LogP contribution in [-0.4, -0.2) is 35.7 Å². The lowest BCUT2D eigenvalue weighted by Gasteiger charge is -2.47. The van der Waals surface area contributed by atoms with E-state index in [1.54, 1.807) is 0 Å². The van der Waals surface area contributed by atoms with E-state index < -0.39 is 0 Å². The number of rotatable bonds is 3. The van der Waals surface area contributed by atoms with Crippen molar-refractivity contribution in [3.05, 3.63) is 29.8 Å². The summed E-state index contributed by atoms with van der Waals surface area (Å²) >= 11 is 0. The van der Waals surface area contributed by atoms with Gasteiger partial charge >= 0.3 is 0 Å². The van der Waals surface area contributed by atoms with Gasteiger partial charge in [-0.3, -0.25) is 4.90 Å². The molecule has 1 aliphatic rings. The van der Waals surface area contributed by atoms with Crippen molar-refractivity contribution in [2.45, 2.75) is 45.3 Å². The van der Waals surface area contributed by atoms with Crippen LogP contribution in [0.1, 0.15) is 33.3 Å². The quantitative estimate of drug-likeness (QED) is 0.851. The number of nitrogen functional groups attached to an aromatic ring is 1. The van der Waals surface area contributed by atoms with Crippen LogP contribution in [-0.2, 0) is 11.2 Å². The van der Waals surface area contributed by atoms with Gasteiger partial charge < -0.3 is 10.5 Å². The first kappa shape index (κ1) is 14.4. The van der Waals surface area contributed by atoms with Crippen molar-refractivity contribution in [1.29, 1.82) is 0 Å². The van der Waals surface area contributed by atoms with Crippen LogP contribution in [0.2, 0.25) is 0 Å². The Kier molecular flexibility index (Phi) is 3.88. The van der Waals surface area contributed by atoms with Crippen LogP contribution in [0.3, 0.4) is 0 Å². The fourth-order valence-corrected chi connectivity index (χ4v) is 3.08. The normalized spacial score (nSPS) is 22.3. The highest BCUT2D eigenvalue weighted by atomic mass is 16.5. The fraction of sp³-hybridized carbons (Fsp3) is 0.625. The highest BCUT2D eigenvalue weighted by molar-refractivity contribution is 5.39. The predicted octanol–water partition coefficient (Wildman–Crippen LogP) is 2.70. The molecule has 0 amide bonds. The van der Waals surface area contributed by atoms with E-state index in [1.165, 1.54) is 5.56 Å². The molecule has 1 aromatic carbocycles. The fourth-order valence-electron chi connectivity index (χ4n) is 3.08. The third-order valence-electron chi connectivity index (χ3n) is 3.46. The third-order valence-corrected chi connectivity index (χ3v) is 3.46. The molecule has 1 fully saturated rings. The molecule has 0 radical (unpaired) electrons. The molecular weight excluding hydrogens is 236 g/mol. The van der Waals surface area contributed by atoms with Gasteiger partial charge in [0.05, 0.1) is 11.2 Å². The van der Waals surface area contributed by atoms with Crippen LogP contribution in [0.25, 0.3) is 0 Å². The lowest BCUT2D eigenvalue weighted by atomic mass is 9.98. The molecule has 0 unspecified atom stereocenters. The van der Waals surface area contributed by atoms with Crippen molar-refractivity contribution in [1.82, 2.24) is 4.90 Å². The first-order valence-electron chi connectivity index (χ1n) is 7.03. The summed E-state index contributed by atoms with van der Waals surface area (Å²) in [6, 6.07) is 8.18. The van der Waals surface area contributed by atoms with Gasteiger partial charge in [0, 0.05) is 25.3 Å². The lowest BCUT2D eigenvalue weighted by Crippen LogP contribution is -2.57. The Hall–Kier alpha value is -1.06. The standard InChI is InChI=1S/C16H26N2O/c1-15(2)11-18(12-16(3,4)19-15)10-9-13-5-7-14(17)8-6-13/h5-8H,9-12,17H2,1-4H3. The maximum absolute atomic E-state index is 6.10. The molecule has 0 bridgehead atoms. The summed E-state index contributed by atoms with van der Waals surface area (Å²) in [7, 11) is 0. The van der Waals surface area contributed by atoms with Gasteiger partial charge in [-0.05, 0) is 51.8 Å². The topological polar surface area (TPSA) is 38.5 Å². The van der Waals surface area contributed by atoms with Crippen LogP contribution in [0.4, 0.5) is 5.69 Å². The number of hydrogen-bond acceptors (Lipinski definition) is 3. The van der Waals surface area contributed by atoms with Gasteiger partial charge in [0.1, 0.15) is 0 Å². The minimum absolute atomic E-state index is 0.0666. The number of anilines is 1. The first-order valence-corrected chi connectivity index (χ1v) is 7.03. The molecule has 1 heterocycles. The minimum Gasteiger partial charge on any atom is -0.399 e. The van der Waals surface area contributed by atoms with Gasteiger partial charge in [-0.25, -0.2) is 0 Å². The zero-order valence-corrected chi connectivity index (χ0v) is 12.6. The molecule has 19 heavy (non-hydrogen) atoms. The van der Waals surface area contributed by atoms with Crippen LogP contribution in [0.5, 0.6) is 0 Å². The highest BCUT2D eigenvalue weighted by Gasteiger charge is 2.37. The average molecular weight is 262 g/mol. The largest absolute Gasteiger partial charge is 0.399 e. The van der Waals surface area contributed by atoms with Crippen LogP contribution >= 0.6 is 0 Å². The van der Waals surface area contributed by atoms with Crippen molar-refractivity contribution < 1.29 is 4.74 Å². The molecule has 1 aliphatic heterocycles. The van der Waals surface area contributed by atoms with E-state index >= 15 is 0 Å². The number of nitrogens with two attached hydrogens (primary N) is 1. The molecule has 1 aromatic rings. The molecule has 0 saturated carbocycles. The van der Waals surface area contributed by atoms with Gasteiger partial charge in [-0.15, -0.1) is 0 Å². The summed E-state index contributed by atoms with van der Waals surface area (Å²) in [6.07, 6.45) is 1.06. The van der Waals surface area contributed by atoms with Crippen LogP contribution in [0, 0.1) is 0 Å². The van der Waals surface area contributed by atoms with E-state index in [0.29, 0.717) is 0 Å². The summed E-state index contributed by atoms with van der Waals surface area (Å²) in [4.78, 5) is 2.50. The smallest absolute Gasteiger partial charge is 0.0760 e. The predicted molar refractivity (Wildman–Crippen MR) is 80.2 cm³/mol. The van der Waals surface area contributed by atoms with Crippen molar-refractivity contribution >= 4 is 5.69 Å². The molecule has 0 aromatic heterocycles. The second-order valence-corrected chi connectivity index (χ2v) is 6.82. The highest BCUT2D eigenvalue weighted by Crippen LogP contribution is 2.28. The van der Waals surface area contributed by atoms with Crippen molar-refractivity contribution in [3.8, 4) is 0 Å². The molecule has 106 valence electrons. The first-order chi connectivity index (χ1) is 8.76. The second kappa shape index (κ2) is 5.14. The van der Waals surface area contributed by atoms with E-state index in [1.807, 2.05) is 12.1 Å². The van der Waals surface area contributed by atoms with Crippen molar-refractivity contribution in [2.24, 2.45) is 0 Å². The van der Waals surface area contributed by atoms with Crippen molar-refractivity contribution in [2.75, 3.05) is 25.4 Å². The summed E-state index contributed by atoms with van der Waals surface area (Å²) < 4.78 is 6.10. The Morgan fingerprint density at radius 1 is 1.05 bits per heavy atom. The Morgan fingerprint density at radius 3 is 2.11 bits per heavy atom. The monoisotopic (exact) mass is 262 g/mol. The summed E-state index contributed by atoms with van der Waals surface area (Å²) in [5, 5.41) is 0. The average Bonchev–Trinajstić information content (AvgIpc) is 2.24. The van der Waals surface area contributed by atoms with Gasteiger partial charge in [-0.1, -0.05) is 12.1 Å². The molecule has 0 spiro atoms. The minimum atomic E-state index is -0.0666. The summed E-state index contributed by atoms with van der Waals surface area (Å²) in [5.74, 6) is 0. The second-order valence-electron chi connectivity index (χ2n) is 6.82. The van der Waals surface area contributed by atoms with Crippen molar-refractivity contribution in [3.63, 3.8) is 0 Å². The number of morpholine rings is 1. The lowest BCUT2D eigenvalue weighted by molar-refractivity contribution is -0.180. The Balaban J connectivity index is 1.93.